The summed E-state index contributed by atoms with van der Waals surface area (Å²) in [5.41, 5.74) is 2.97. The lowest BCUT2D eigenvalue weighted by Crippen LogP contribution is -2.48. The van der Waals surface area contributed by atoms with Gasteiger partial charge in [0.05, 0.1) is 23.6 Å². The monoisotopic (exact) mass is 472 g/mol. The summed E-state index contributed by atoms with van der Waals surface area (Å²) >= 11 is 0. The van der Waals surface area contributed by atoms with E-state index in [1.54, 1.807) is 19.5 Å². The summed E-state index contributed by atoms with van der Waals surface area (Å²) in [5, 5.41) is 3.00. The predicted molar refractivity (Wildman–Crippen MR) is 135 cm³/mol. The lowest BCUT2D eigenvalue weighted by molar-refractivity contribution is -0.138. The Morgan fingerprint density at radius 2 is 1.69 bits per heavy atom. The van der Waals surface area contributed by atoms with Crippen LogP contribution in [0.15, 0.2) is 54.9 Å². The number of carbonyl (C=O) groups is 2. The van der Waals surface area contributed by atoms with Gasteiger partial charge in [0.1, 0.15) is 5.75 Å². The minimum Gasteiger partial charge on any atom is -0.497 e. The van der Waals surface area contributed by atoms with Crippen LogP contribution in [-0.2, 0) is 15.0 Å². The summed E-state index contributed by atoms with van der Waals surface area (Å²) in [4.78, 5) is 37.0. The molecule has 2 aromatic carbocycles. The number of nitrogens with zero attached hydrogens (tertiary/aromatic N) is 3. The quantitative estimate of drug-likeness (QED) is 0.561. The van der Waals surface area contributed by atoms with Crippen LogP contribution in [0.25, 0.3) is 11.0 Å². The maximum atomic E-state index is 13.8. The number of benzene rings is 2. The number of nitrogens with one attached hydrogen (secondary N) is 1. The molecule has 1 aliphatic carbocycles. The molecule has 1 N–H and O–H groups in total. The zero-order valence-corrected chi connectivity index (χ0v) is 20.2. The van der Waals surface area contributed by atoms with Crippen molar-refractivity contribution in [2.45, 2.75) is 50.4 Å². The molecule has 0 unspecified atom stereocenters. The SMILES string of the molecule is COc1ccc(C2(C(=O)N3CCC(CC(=O)Nc4ccc5nccnc5c4)CC3)CCCC2)cc1. The van der Waals surface area contributed by atoms with Crippen LogP contribution < -0.4 is 10.1 Å². The first-order chi connectivity index (χ1) is 17.1. The van der Waals surface area contributed by atoms with Crippen molar-refractivity contribution in [1.82, 2.24) is 14.9 Å². The largest absolute Gasteiger partial charge is 0.497 e. The molecule has 0 radical (unpaired) electrons. The molecular weight excluding hydrogens is 440 g/mol. The minimum atomic E-state index is -0.421. The van der Waals surface area contributed by atoms with E-state index >= 15 is 0 Å². The number of anilines is 1. The number of hydrogen-bond acceptors (Lipinski definition) is 5. The number of likely N-dealkylation sites (tertiary alicyclic amines) is 1. The number of ether oxygens (including phenoxy) is 1. The Morgan fingerprint density at radius 1 is 1.00 bits per heavy atom. The number of aromatic nitrogens is 2. The standard InChI is InChI=1S/C28H32N4O3/c1-35-23-7-4-21(5-8-23)28(12-2-3-13-28)27(34)32-16-10-20(11-17-32)18-26(33)31-22-6-9-24-25(19-22)30-15-14-29-24/h4-9,14-15,19-20H,2-3,10-13,16-18H2,1H3,(H,31,33). The van der Waals surface area contributed by atoms with Crippen molar-refractivity contribution in [3.63, 3.8) is 0 Å². The van der Waals surface area contributed by atoms with Crippen LogP contribution in [0.2, 0.25) is 0 Å². The summed E-state index contributed by atoms with van der Waals surface area (Å²) in [5.74, 6) is 1.34. The van der Waals surface area contributed by atoms with Crippen LogP contribution in [-0.4, -0.2) is 46.9 Å². The van der Waals surface area contributed by atoms with Gasteiger partial charge in [0.15, 0.2) is 0 Å². The molecule has 2 fully saturated rings. The third kappa shape index (κ3) is 4.85. The van der Waals surface area contributed by atoms with Crippen molar-refractivity contribution in [3.8, 4) is 5.75 Å². The van der Waals surface area contributed by atoms with Gasteiger partial charge in [-0.15, -0.1) is 0 Å². The van der Waals surface area contributed by atoms with Gasteiger partial charge >= 0.3 is 0 Å². The van der Waals surface area contributed by atoms with Gasteiger partial charge in [0, 0.05) is 37.6 Å². The second kappa shape index (κ2) is 10.0. The summed E-state index contributed by atoms with van der Waals surface area (Å²) in [6.07, 6.45) is 9.42. The van der Waals surface area contributed by atoms with Crippen molar-refractivity contribution in [2.24, 2.45) is 5.92 Å². The average molecular weight is 473 g/mol. The zero-order valence-electron chi connectivity index (χ0n) is 20.2. The molecule has 1 saturated heterocycles. The number of fused-ring (bicyclic) bond motifs is 1. The second-order valence-electron chi connectivity index (χ2n) is 9.77. The fourth-order valence-electron chi connectivity index (χ4n) is 5.67. The maximum Gasteiger partial charge on any atom is 0.233 e. The summed E-state index contributed by atoms with van der Waals surface area (Å²) in [7, 11) is 1.66. The Morgan fingerprint density at radius 3 is 2.37 bits per heavy atom. The third-order valence-electron chi connectivity index (χ3n) is 7.64. The van der Waals surface area contributed by atoms with Gasteiger partial charge < -0.3 is 15.0 Å². The van der Waals surface area contributed by atoms with Gasteiger partial charge in [0.2, 0.25) is 11.8 Å². The zero-order chi connectivity index (χ0) is 24.3. The molecule has 1 aliphatic heterocycles. The van der Waals surface area contributed by atoms with E-state index in [0.717, 1.165) is 66.6 Å². The predicted octanol–water partition coefficient (Wildman–Crippen LogP) is 4.72. The van der Waals surface area contributed by atoms with Gasteiger partial charge in [-0.05, 0) is 67.5 Å². The smallest absolute Gasteiger partial charge is 0.233 e. The van der Waals surface area contributed by atoms with E-state index in [0.29, 0.717) is 19.5 Å². The van der Waals surface area contributed by atoms with E-state index in [2.05, 4.69) is 27.4 Å². The van der Waals surface area contributed by atoms with E-state index in [1.165, 1.54) is 0 Å². The second-order valence-corrected chi connectivity index (χ2v) is 9.77. The summed E-state index contributed by atoms with van der Waals surface area (Å²) in [6.45, 7) is 1.42. The van der Waals surface area contributed by atoms with Crippen LogP contribution in [0.5, 0.6) is 5.75 Å². The van der Waals surface area contributed by atoms with Crippen LogP contribution in [0, 0.1) is 5.92 Å². The molecule has 2 amide bonds. The van der Waals surface area contributed by atoms with E-state index in [1.807, 2.05) is 35.2 Å². The number of rotatable bonds is 6. The topological polar surface area (TPSA) is 84.4 Å². The Kier molecular flexibility index (Phi) is 6.66. The van der Waals surface area contributed by atoms with E-state index < -0.39 is 5.41 Å². The first-order valence-electron chi connectivity index (χ1n) is 12.5. The minimum absolute atomic E-state index is 0.00325. The molecule has 7 heteroatoms. The van der Waals surface area contributed by atoms with Gasteiger partial charge in [-0.25, -0.2) is 0 Å². The Labute approximate surface area is 205 Å². The fourth-order valence-corrected chi connectivity index (χ4v) is 5.67. The van der Waals surface area contributed by atoms with Crippen LogP contribution in [0.3, 0.4) is 0 Å². The van der Waals surface area contributed by atoms with Gasteiger partial charge in [-0.2, -0.15) is 0 Å². The normalized spacial score (nSPS) is 17.9. The van der Waals surface area contributed by atoms with Gasteiger partial charge in [0.25, 0.3) is 0 Å². The molecule has 1 aromatic heterocycles. The van der Waals surface area contributed by atoms with Gasteiger partial charge in [-0.1, -0.05) is 25.0 Å². The van der Waals surface area contributed by atoms with E-state index in [9.17, 15) is 9.59 Å². The molecule has 2 aliphatic rings. The summed E-state index contributed by atoms with van der Waals surface area (Å²) in [6, 6.07) is 13.6. The highest BCUT2D eigenvalue weighted by atomic mass is 16.5. The van der Waals surface area contributed by atoms with Crippen LogP contribution >= 0.6 is 0 Å². The molecule has 35 heavy (non-hydrogen) atoms. The highest BCUT2D eigenvalue weighted by Gasteiger charge is 2.45. The molecule has 1 saturated carbocycles. The highest BCUT2D eigenvalue weighted by molar-refractivity contribution is 5.93. The fraction of sp³-hybridized carbons (Fsp3) is 0.429. The number of piperidine rings is 1. The average Bonchev–Trinajstić information content (AvgIpc) is 3.40. The number of amides is 2. The molecule has 7 nitrogen and oxygen atoms in total. The Hall–Kier alpha value is -3.48. The van der Waals surface area contributed by atoms with Crippen molar-refractivity contribution in [2.75, 3.05) is 25.5 Å². The Bertz CT molecular complexity index is 1200. The highest BCUT2D eigenvalue weighted by Crippen LogP contribution is 2.43. The number of carbonyl (C=O) groups excluding carboxylic acids is 2. The first-order valence-corrected chi connectivity index (χ1v) is 12.5. The molecular formula is C28H32N4O3. The third-order valence-corrected chi connectivity index (χ3v) is 7.64. The Balaban J connectivity index is 1.18. The molecule has 2 heterocycles. The lowest BCUT2D eigenvalue weighted by Gasteiger charge is -2.38. The van der Waals surface area contributed by atoms with Crippen molar-refractivity contribution >= 4 is 28.5 Å². The summed E-state index contributed by atoms with van der Waals surface area (Å²) < 4.78 is 5.31. The van der Waals surface area contributed by atoms with Crippen LogP contribution in [0.1, 0.15) is 50.5 Å². The van der Waals surface area contributed by atoms with Crippen molar-refractivity contribution in [1.29, 1.82) is 0 Å². The van der Waals surface area contributed by atoms with Crippen molar-refractivity contribution < 1.29 is 14.3 Å². The molecule has 0 bridgehead atoms. The van der Waals surface area contributed by atoms with E-state index in [4.69, 9.17) is 4.74 Å². The molecule has 0 atom stereocenters. The lowest BCUT2D eigenvalue weighted by atomic mass is 9.77. The molecule has 5 rings (SSSR count). The number of hydrogen-bond donors (Lipinski definition) is 1. The molecule has 3 aromatic rings. The maximum absolute atomic E-state index is 13.8. The van der Waals surface area contributed by atoms with E-state index in [-0.39, 0.29) is 17.7 Å². The van der Waals surface area contributed by atoms with Crippen LogP contribution in [0.4, 0.5) is 5.69 Å². The number of methoxy groups -OCH3 is 1. The molecule has 182 valence electrons. The molecule has 0 spiro atoms. The van der Waals surface area contributed by atoms with Gasteiger partial charge in [-0.3, -0.25) is 19.6 Å². The van der Waals surface area contributed by atoms with Crippen molar-refractivity contribution in [3.05, 3.63) is 60.4 Å². The first kappa shape index (κ1) is 23.3.